The number of alkyl carbamates (subject to hydrolysis) is 1. The van der Waals surface area contributed by atoms with Crippen molar-refractivity contribution in [2.24, 2.45) is 0 Å². The highest BCUT2D eigenvalue weighted by Crippen LogP contribution is 2.17. The molecule has 2 amide bonds. The number of hydrogen-bond acceptors (Lipinski definition) is 5. The first kappa shape index (κ1) is 20.7. The number of nitrogens with one attached hydrogen (secondary N) is 1. The molecule has 0 radical (unpaired) electrons. The molecule has 1 fully saturated rings. The molecule has 0 saturated carbocycles. The number of likely N-dealkylation sites (tertiary alicyclic amines) is 1. The van der Waals surface area contributed by atoms with Crippen molar-refractivity contribution in [3.63, 3.8) is 0 Å². The van der Waals surface area contributed by atoms with E-state index >= 15 is 0 Å². The third-order valence-electron chi connectivity index (χ3n) is 4.03. The molecule has 1 unspecified atom stereocenters. The van der Waals surface area contributed by atoms with Gasteiger partial charge in [-0.3, -0.25) is 4.79 Å². The largest absolute Gasteiger partial charge is 0.444 e. The van der Waals surface area contributed by atoms with E-state index in [1.165, 1.54) is 6.92 Å². The summed E-state index contributed by atoms with van der Waals surface area (Å²) in [6.07, 6.45) is 0.696. The molecule has 0 aromatic heterocycles. The molecule has 1 aliphatic heterocycles. The summed E-state index contributed by atoms with van der Waals surface area (Å²) in [5.41, 5.74) is -0.554. The topological polar surface area (TPSA) is 92.8 Å². The number of hydrogen-bond donors (Lipinski definition) is 1. The van der Waals surface area contributed by atoms with Crippen molar-refractivity contribution in [1.29, 1.82) is 0 Å². The summed E-state index contributed by atoms with van der Waals surface area (Å²) in [6.45, 7) is 10.8. The predicted molar refractivity (Wildman–Crippen MR) is 92.5 cm³/mol. The summed E-state index contributed by atoms with van der Waals surface area (Å²) in [6, 6.07) is -0.0686. The predicted octanol–water partition coefficient (Wildman–Crippen LogP) is 1.71. The van der Waals surface area contributed by atoms with Gasteiger partial charge in [-0.15, -0.1) is 0 Å². The van der Waals surface area contributed by atoms with Crippen LogP contribution in [0, 0.1) is 0 Å². The lowest BCUT2D eigenvalue weighted by molar-refractivity contribution is -0.131. The summed E-state index contributed by atoms with van der Waals surface area (Å²) >= 11 is 0. The molecular weight excluding hydrogens is 332 g/mol. The Bertz CT molecular complexity index is 558. The maximum atomic E-state index is 12.4. The van der Waals surface area contributed by atoms with Crippen molar-refractivity contribution in [3.05, 3.63) is 0 Å². The smallest absolute Gasteiger partial charge is 0.407 e. The number of rotatable bonds is 4. The summed E-state index contributed by atoms with van der Waals surface area (Å²) < 4.78 is 29.5. The molecule has 0 aromatic rings. The van der Waals surface area contributed by atoms with Crippen LogP contribution >= 0.6 is 0 Å². The van der Waals surface area contributed by atoms with E-state index in [9.17, 15) is 18.0 Å². The molecule has 1 heterocycles. The Labute approximate surface area is 145 Å². The van der Waals surface area contributed by atoms with E-state index in [1.54, 1.807) is 39.5 Å². The van der Waals surface area contributed by atoms with E-state index in [0.29, 0.717) is 25.9 Å². The van der Waals surface area contributed by atoms with Crippen LogP contribution in [0.1, 0.15) is 54.4 Å². The van der Waals surface area contributed by atoms with Gasteiger partial charge in [-0.05, 0) is 54.4 Å². The number of nitrogens with zero attached hydrogens (tertiary/aromatic N) is 1. The monoisotopic (exact) mass is 362 g/mol. The molecule has 1 rings (SSSR count). The second-order valence-corrected chi connectivity index (χ2v) is 10.4. The molecular formula is C16H30N2O5S. The molecule has 0 aliphatic carbocycles. The zero-order chi connectivity index (χ0) is 18.7. The fourth-order valence-corrected chi connectivity index (χ4v) is 3.77. The number of piperidine rings is 1. The van der Waals surface area contributed by atoms with Crippen LogP contribution in [-0.2, 0) is 19.4 Å². The molecule has 1 atom stereocenters. The van der Waals surface area contributed by atoms with Crippen LogP contribution < -0.4 is 5.32 Å². The molecule has 140 valence electrons. The number of ether oxygens (including phenoxy) is 1. The van der Waals surface area contributed by atoms with Crippen molar-refractivity contribution in [2.75, 3.05) is 13.1 Å². The average molecular weight is 362 g/mol. The standard InChI is InChI=1S/C16H30N2O5S/c1-11(2)24(21,22)12(3)14(19)18-9-7-13(8-10-18)17-15(20)23-16(4,5)6/h11-13H,7-10H2,1-6H3,(H,17,20). The minimum atomic E-state index is -3.46. The van der Waals surface area contributed by atoms with Crippen molar-refractivity contribution in [1.82, 2.24) is 10.2 Å². The van der Waals surface area contributed by atoms with Gasteiger partial charge < -0.3 is 15.0 Å². The average Bonchev–Trinajstić information content (AvgIpc) is 2.44. The first-order valence-electron chi connectivity index (χ1n) is 8.35. The van der Waals surface area contributed by atoms with Crippen LogP contribution in [0.15, 0.2) is 0 Å². The quantitative estimate of drug-likeness (QED) is 0.822. The number of sulfone groups is 1. The van der Waals surface area contributed by atoms with Crippen LogP contribution in [0.4, 0.5) is 4.79 Å². The second kappa shape index (κ2) is 7.72. The molecule has 24 heavy (non-hydrogen) atoms. The molecule has 1 N–H and O–H groups in total. The van der Waals surface area contributed by atoms with Gasteiger partial charge in [0.15, 0.2) is 9.84 Å². The number of carbonyl (C=O) groups excluding carboxylic acids is 2. The zero-order valence-corrected chi connectivity index (χ0v) is 16.3. The summed E-state index contributed by atoms with van der Waals surface area (Å²) in [7, 11) is -3.46. The van der Waals surface area contributed by atoms with Gasteiger partial charge in [0.25, 0.3) is 0 Å². The Balaban J connectivity index is 2.54. The Kier molecular flexibility index (Phi) is 6.67. The maximum Gasteiger partial charge on any atom is 0.407 e. The molecule has 1 aliphatic rings. The van der Waals surface area contributed by atoms with E-state index in [4.69, 9.17) is 4.74 Å². The Morgan fingerprint density at radius 2 is 1.62 bits per heavy atom. The highest BCUT2D eigenvalue weighted by atomic mass is 32.2. The van der Waals surface area contributed by atoms with E-state index in [-0.39, 0.29) is 11.9 Å². The third-order valence-corrected chi connectivity index (χ3v) is 6.53. The van der Waals surface area contributed by atoms with E-state index in [2.05, 4.69) is 5.32 Å². The van der Waals surface area contributed by atoms with Gasteiger partial charge in [-0.1, -0.05) is 0 Å². The minimum absolute atomic E-state index is 0.0686. The SMILES string of the molecule is CC(C)S(=O)(=O)C(C)C(=O)N1CCC(NC(=O)OC(C)(C)C)CC1. The summed E-state index contributed by atoms with van der Waals surface area (Å²) in [5.74, 6) is -0.362. The van der Waals surface area contributed by atoms with Crippen molar-refractivity contribution < 1.29 is 22.7 Å². The molecule has 0 spiro atoms. The molecule has 7 nitrogen and oxygen atoms in total. The van der Waals surface area contributed by atoms with Crippen LogP contribution in [0.3, 0.4) is 0 Å². The normalized spacial score (nSPS) is 18.4. The molecule has 8 heteroatoms. The Hall–Kier alpha value is -1.31. The first-order chi connectivity index (χ1) is 10.8. The Morgan fingerprint density at radius 3 is 2.04 bits per heavy atom. The zero-order valence-electron chi connectivity index (χ0n) is 15.5. The minimum Gasteiger partial charge on any atom is -0.444 e. The lowest BCUT2D eigenvalue weighted by Gasteiger charge is -2.34. The van der Waals surface area contributed by atoms with E-state index in [0.717, 1.165) is 0 Å². The van der Waals surface area contributed by atoms with Crippen LogP contribution in [0.5, 0.6) is 0 Å². The third kappa shape index (κ3) is 5.65. The van der Waals surface area contributed by atoms with Gasteiger partial charge in [0.1, 0.15) is 10.9 Å². The fraction of sp³-hybridized carbons (Fsp3) is 0.875. The van der Waals surface area contributed by atoms with Gasteiger partial charge in [0.05, 0.1) is 5.25 Å². The highest BCUT2D eigenvalue weighted by molar-refractivity contribution is 7.93. The van der Waals surface area contributed by atoms with Gasteiger partial charge in [-0.2, -0.15) is 0 Å². The van der Waals surface area contributed by atoms with E-state index < -0.39 is 32.0 Å². The fourth-order valence-electron chi connectivity index (χ4n) is 2.52. The summed E-state index contributed by atoms with van der Waals surface area (Å²) in [4.78, 5) is 25.7. The lowest BCUT2D eigenvalue weighted by atomic mass is 10.0. The molecule has 1 saturated heterocycles. The highest BCUT2D eigenvalue weighted by Gasteiger charge is 2.35. The Morgan fingerprint density at radius 1 is 1.12 bits per heavy atom. The molecule has 0 aromatic carbocycles. The van der Waals surface area contributed by atoms with Crippen molar-refractivity contribution in [2.45, 2.75) is 76.5 Å². The van der Waals surface area contributed by atoms with Crippen LogP contribution in [-0.4, -0.2) is 60.6 Å². The van der Waals surface area contributed by atoms with Gasteiger partial charge in [0.2, 0.25) is 5.91 Å². The lowest BCUT2D eigenvalue weighted by Crippen LogP contribution is -2.51. The van der Waals surface area contributed by atoms with Crippen LogP contribution in [0.25, 0.3) is 0 Å². The first-order valence-corrected chi connectivity index (χ1v) is 9.96. The van der Waals surface area contributed by atoms with Gasteiger partial charge >= 0.3 is 6.09 Å². The van der Waals surface area contributed by atoms with Crippen molar-refractivity contribution >= 4 is 21.8 Å². The van der Waals surface area contributed by atoms with Crippen molar-refractivity contribution in [3.8, 4) is 0 Å². The van der Waals surface area contributed by atoms with Gasteiger partial charge in [-0.25, -0.2) is 13.2 Å². The molecule has 0 bridgehead atoms. The number of amides is 2. The van der Waals surface area contributed by atoms with E-state index in [1.807, 2.05) is 0 Å². The summed E-state index contributed by atoms with van der Waals surface area (Å²) in [5, 5.41) is 1.18. The second-order valence-electron chi connectivity index (χ2n) is 7.53. The number of carbonyl (C=O) groups is 2. The van der Waals surface area contributed by atoms with Gasteiger partial charge in [0, 0.05) is 19.1 Å². The maximum absolute atomic E-state index is 12.4. The van der Waals surface area contributed by atoms with Crippen LogP contribution in [0.2, 0.25) is 0 Å².